The van der Waals surface area contributed by atoms with E-state index < -0.39 is 8.07 Å². The number of aromatic nitrogens is 5. The Kier molecular flexibility index (Phi) is 4.84. The highest BCUT2D eigenvalue weighted by molar-refractivity contribution is 6.76. The molecule has 0 unspecified atom stereocenters. The Morgan fingerprint density at radius 1 is 1.15 bits per heavy atom. The Bertz CT molecular complexity index is 888. The van der Waals surface area contributed by atoms with Crippen molar-refractivity contribution in [3.8, 4) is 0 Å². The van der Waals surface area contributed by atoms with E-state index in [-0.39, 0.29) is 0 Å². The SMILES string of the molecule is C[Si](C)(C)CCOCn1ccc2c1ncc1nnc(C3CCCCC3)n12. The molecule has 0 radical (unpaired) electrons. The molecule has 0 atom stereocenters. The van der Waals surface area contributed by atoms with Gasteiger partial charge in [0.15, 0.2) is 11.3 Å². The van der Waals surface area contributed by atoms with Gasteiger partial charge < -0.3 is 9.30 Å². The van der Waals surface area contributed by atoms with E-state index in [1.54, 1.807) is 0 Å². The molecular weight excluding hydrogens is 342 g/mol. The third-order valence-corrected chi connectivity index (χ3v) is 7.07. The van der Waals surface area contributed by atoms with Crippen LogP contribution < -0.4 is 0 Å². The third kappa shape index (κ3) is 3.55. The molecule has 1 aliphatic rings. The van der Waals surface area contributed by atoms with Crippen LogP contribution in [0, 0.1) is 0 Å². The van der Waals surface area contributed by atoms with Crippen LogP contribution in [-0.2, 0) is 11.5 Å². The van der Waals surface area contributed by atoms with Crippen LogP contribution in [0.25, 0.3) is 16.8 Å². The summed E-state index contributed by atoms with van der Waals surface area (Å²) in [5.74, 6) is 1.62. The van der Waals surface area contributed by atoms with E-state index in [0.29, 0.717) is 12.6 Å². The molecule has 7 heteroatoms. The van der Waals surface area contributed by atoms with Gasteiger partial charge in [-0.05, 0) is 25.0 Å². The van der Waals surface area contributed by atoms with Crippen molar-refractivity contribution < 1.29 is 4.74 Å². The molecule has 26 heavy (non-hydrogen) atoms. The molecule has 1 fully saturated rings. The lowest BCUT2D eigenvalue weighted by Gasteiger charge is -2.20. The third-order valence-electron chi connectivity index (χ3n) is 5.37. The summed E-state index contributed by atoms with van der Waals surface area (Å²) < 4.78 is 10.2. The molecule has 3 aromatic rings. The summed E-state index contributed by atoms with van der Waals surface area (Å²) in [6.07, 6.45) is 10.3. The quantitative estimate of drug-likeness (QED) is 0.475. The molecule has 1 saturated carbocycles. The summed E-state index contributed by atoms with van der Waals surface area (Å²) in [4.78, 5) is 4.62. The van der Waals surface area contributed by atoms with Crippen LogP contribution >= 0.6 is 0 Å². The van der Waals surface area contributed by atoms with Gasteiger partial charge in [0.05, 0.1) is 11.7 Å². The van der Waals surface area contributed by atoms with E-state index in [0.717, 1.165) is 29.2 Å². The van der Waals surface area contributed by atoms with E-state index in [1.807, 2.05) is 6.20 Å². The van der Waals surface area contributed by atoms with Gasteiger partial charge in [-0.1, -0.05) is 38.9 Å². The first kappa shape index (κ1) is 17.7. The second-order valence-electron chi connectivity index (χ2n) is 8.69. The first-order valence-electron chi connectivity index (χ1n) is 9.79. The number of nitrogens with zero attached hydrogens (tertiary/aromatic N) is 5. The molecule has 0 saturated heterocycles. The number of hydrogen-bond donors (Lipinski definition) is 0. The lowest BCUT2D eigenvalue weighted by Crippen LogP contribution is -2.22. The lowest BCUT2D eigenvalue weighted by atomic mass is 9.89. The van der Waals surface area contributed by atoms with E-state index in [2.05, 4.69) is 56.1 Å². The van der Waals surface area contributed by atoms with Crippen molar-refractivity contribution in [1.29, 1.82) is 0 Å². The van der Waals surface area contributed by atoms with Crippen molar-refractivity contribution in [2.75, 3.05) is 6.61 Å². The highest BCUT2D eigenvalue weighted by Crippen LogP contribution is 2.32. The summed E-state index contributed by atoms with van der Waals surface area (Å²) in [6, 6.07) is 3.30. The van der Waals surface area contributed by atoms with Crippen molar-refractivity contribution in [3.05, 3.63) is 24.3 Å². The van der Waals surface area contributed by atoms with Gasteiger partial charge in [0, 0.05) is 26.8 Å². The monoisotopic (exact) mass is 371 g/mol. The van der Waals surface area contributed by atoms with E-state index in [4.69, 9.17) is 4.74 Å². The van der Waals surface area contributed by atoms with Crippen LogP contribution in [-0.4, -0.2) is 38.8 Å². The van der Waals surface area contributed by atoms with Crippen molar-refractivity contribution in [3.63, 3.8) is 0 Å². The summed E-state index contributed by atoms with van der Waals surface area (Å²) in [5, 5.41) is 8.89. The summed E-state index contributed by atoms with van der Waals surface area (Å²) in [7, 11) is -1.06. The average Bonchev–Trinajstić information content (AvgIpc) is 3.22. The summed E-state index contributed by atoms with van der Waals surface area (Å²) >= 11 is 0. The molecule has 1 aliphatic carbocycles. The van der Waals surface area contributed by atoms with Gasteiger partial charge in [0.2, 0.25) is 0 Å². The molecule has 0 amide bonds. The van der Waals surface area contributed by atoms with Crippen LogP contribution in [0.3, 0.4) is 0 Å². The van der Waals surface area contributed by atoms with E-state index in [1.165, 1.54) is 38.1 Å². The fourth-order valence-corrected chi connectivity index (χ4v) is 4.55. The van der Waals surface area contributed by atoms with Crippen LogP contribution in [0.5, 0.6) is 0 Å². The van der Waals surface area contributed by atoms with Crippen molar-refractivity contribution in [2.24, 2.45) is 0 Å². The molecule has 0 spiro atoms. The van der Waals surface area contributed by atoms with Crippen LogP contribution in [0.4, 0.5) is 0 Å². The molecule has 0 bridgehead atoms. The molecule has 6 nitrogen and oxygen atoms in total. The zero-order chi connectivity index (χ0) is 18.1. The fourth-order valence-electron chi connectivity index (χ4n) is 3.80. The average molecular weight is 372 g/mol. The maximum absolute atomic E-state index is 5.92. The summed E-state index contributed by atoms with van der Waals surface area (Å²) in [5.41, 5.74) is 2.87. The Hall–Kier alpha value is -1.73. The predicted molar refractivity (Wildman–Crippen MR) is 106 cm³/mol. The Morgan fingerprint density at radius 2 is 1.96 bits per heavy atom. The number of rotatable bonds is 6. The van der Waals surface area contributed by atoms with Crippen molar-refractivity contribution in [2.45, 2.75) is 70.4 Å². The van der Waals surface area contributed by atoms with Gasteiger partial charge in [-0.15, -0.1) is 10.2 Å². The molecule has 3 aromatic heterocycles. The zero-order valence-electron chi connectivity index (χ0n) is 16.1. The minimum atomic E-state index is -1.06. The smallest absolute Gasteiger partial charge is 0.179 e. The molecule has 4 rings (SSSR count). The maximum atomic E-state index is 5.92. The van der Waals surface area contributed by atoms with Gasteiger partial charge in [0.25, 0.3) is 0 Å². The lowest BCUT2D eigenvalue weighted by molar-refractivity contribution is 0.0899. The Labute approximate surface area is 155 Å². The zero-order valence-corrected chi connectivity index (χ0v) is 17.1. The van der Waals surface area contributed by atoms with E-state index >= 15 is 0 Å². The number of fused-ring (bicyclic) bond motifs is 3. The van der Waals surface area contributed by atoms with Gasteiger partial charge in [-0.25, -0.2) is 4.98 Å². The van der Waals surface area contributed by atoms with Gasteiger partial charge in [0.1, 0.15) is 12.6 Å². The van der Waals surface area contributed by atoms with Crippen LogP contribution in [0.2, 0.25) is 25.7 Å². The topological polar surface area (TPSA) is 57.2 Å². The standard InChI is InChI=1S/C19H29N5OSi/c1-26(2,3)12-11-25-14-23-10-9-16-19(23)20-13-17-21-22-18(24(16)17)15-7-5-4-6-8-15/h9-10,13,15H,4-8,11-12,14H2,1-3H3. The van der Waals surface area contributed by atoms with Gasteiger partial charge in [-0.3, -0.25) is 4.40 Å². The Morgan fingerprint density at radius 3 is 2.73 bits per heavy atom. The van der Waals surface area contributed by atoms with Crippen molar-refractivity contribution >= 4 is 24.9 Å². The molecule has 140 valence electrons. The highest BCUT2D eigenvalue weighted by atomic mass is 28.3. The van der Waals surface area contributed by atoms with Crippen molar-refractivity contribution in [1.82, 2.24) is 24.1 Å². The largest absolute Gasteiger partial charge is 0.361 e. The number of ether oxygens (including phenoxy) is 1. The molecule has 0 N–H and O–H groups in total. The Balaban J connectivity index is 1.60. The molecule has 0 aliphatic heterocycles. The first-order valence-corrected chi connectivity index (χ1v) is 13.5. The molecule has 0 aromatic carbocycles. The van der Waals surface area contributed by atoms with Crippen LogP contribution in [0.15, 0.2) is 18.5 Å². The van der Waals surface area contributed by atoms with Gasteiger partial charge >= 0.3 is 0 Å². The predicted octanol–water partition coefficient (Wildman–Crippen LogP) is 4.44. The van der Waals surface area contributed by atoms with Crippen LogP contribution in [0.1, 0.15) is 43.8 Å². The second-order valence-corrected chi connectivity index (χ2v) is 14.3. The maximum Gasteiger partial charge on any atom is 0.179 e. The fraction of sp³-hybridized carbons (Fsp3) is 0.632. The second kappa shape index (κ2) is 7.11. The number of hydrogen-bond acceptors (Lipinski definition) is 4. The summed E-state index contributed by atoms with van der Waals surface area (Å²) in [6.45, 7) is 8.49. The minimum absolute atomic E-state index is 0.515. The minimum Gasteiger partial charge on any atom is -0.361 e. The van der Waals surface area contributed by atoms with E-state index in [9.17, 15) is 0 Å². The first-order chi connectivity index (χ1) is 12.5. The van der Waals surface area contributed by atoms with Gasteiger partial charge in [-0.2, -0.15) is 0 Å². The molecular formula is C19H29N5OSi. The normalized spacial score (nSPS) is 16.7. The highest BCUT2D eigenvalue weighted by Gasteiger charge is 2.22. The molecule has 3 heterocycles.